The standard InChI is InChI=1S/C19H24.C2H6/c1-5-10-16-15(8-4)17(11-6-2)19-14(7-3)12-9-13-18(16)19;1-2/h5,9-13H,6-8H2,1-4H3;1-2H3/b10-5-,17-11-;. The van der Waals surface area contributed by atoms with Crippen LogP contribution >= 0.6 is 0 Å². The Bertz CT molecular complexity index is 553. The van der Waals surface area contributed by atoms with Crippen molar-refractivity contribution in [2.24, 2.45) is 0 Å². The Hall–Kier alpha value is -1.56. The largest absolute Gasteiger partial charge is 0.0870 e. The van der Waals surface area contributed by atoms with Crippen LogP contribution in [0.25, 0.3) is 11.1 Å². The summed E-state index contributed by atoms with van der Waals surface area (Å²) < 4.78 is 0. The monoisotopic (exact) mass is 282 g/mol. The lowest BCUT2D eigenvalue weighted by atomic mass is 9.94. The first-order chi connectivity index (χ1) is 10.3. The van der Waals surface area contributed by atoms with Gasteiger partial charge in [0.15, 0.2) is 0 Å². The summed E-state index contributed by atoms with van der Waals surface area (Å²) in [4.78, 5) is 0. The molecule has 0 radical (unpaired) electrons. The molecule has 0 N–H and O–H groups in total. The maximum absolute atomic E-state index is 2.40. The van der Waals surface area contributed by atoms with Gasteiger partial charge in [-0.15, -0.1) is 0 Å². The van der Waals surface area contributed by atoms with Crippen LogP contribution in [-0.2, 0) is 6.42 Å². The second-order valence-corrected chi connectivity index (χ2v) is 4.97. The fraction of sp³-hybridized carbons (Fsp3) is 0.429. The molecule has 0 nitrogen and oxygen atoms in total. The molecule has 2 rings (SSSR count). The van der Waals surface area contributed by atoms with Crippen molar-refractivity contribution in [3.63, 3.8) is 0 Å². The quantitative estimate of drug-likeness (QED) is 0.568. The highest BCUT2D eigenvalue weighted by Crippen LogP contribution is 2.45. The van der Waals surface area contributed by atoms with E-state index in [-0.39, 0.29) is 0 Å². The van der Waals surface area contributed by atoms with Crippen LogP contribution in [0.5, 0.6) is 0 Å². The minimum atomic E-state index is 1.10. The van der Waals surface area contributed by atoms with Crippen molar-refractivity contribution in [3.8, 4) is 0 Å². The smallest absolute Gasteiger partial charge is 0.00735 e. The Kier molecular flexibility index (Phi) is 7.22. The molecule has 0 amide bonds. The van der Waals surface area contributed by atoms with Crippen LogP contribution in [0.15, 0.2) is 42.0 Å². The van der Waals surface area contributed by atoms with Gasteiger partial charge in [-0.25, -0.2) is 0 Å². The first-order valence-electron chi connectivity index (χ1n) is 8.47. The van der Waals surface area contributed by atoms with Crippen LogP contribution in [0.4, 0.5) is 0 Å². The number of allylic oxidation sites excluding steroid dienone is 6. The molecule has 1 aromatic carbocycles. The first kappa shape index (κ1) is 17.5. The second-order valence-electron chi connectivity index (χ2n) is 4.97. The summed E-state index contributed by atoms with van der Waals surface area (Å²) in [7, 11) is 0. The molecule has 0 atom stereocenters. The Morgan fingerprint density at radius 1 is 1.00 bits per heavy atom. The van der Waals surface area contributed by atoms with Gasteiger partial charge in [-0.2, -0.15) is 0 Å². The van der Waals surface area contributed by atoms with E-state index in [0.29, 0.717) is 0 Å². The summed E-state index contributed by atoms with van der Waals surface area (Å²) >= 11 is 0. The van der Waals surface area contributed by atoms with Crippen LogP contribution in [0.3, 0.4) is 0 Å². The number of benzene rings is 1. The molecule has 0 fully saturated rings. The van der Waals surface area contributed by atoms with Gasteiger partial charge in [-0.3, -0.25) is 0 Å². The maximum atomic E-state index is 2.40. The van der Waals surface area contributed by atoms with Crippen LogP contribution in [-0.4, -0.2) is 0 Å². The van der Waals surface area contributed by atoms with E-state index in [1.165, 1.54) is 33.4 Å². The van der Waals surface area contributed by atoms with Gasteiger partial charge in [0.1, 0.15) is 0 Å². The minimum absolute atomic E-state index is 1.10. The highest BCUT2D eigenvalue weighted by Gasteiger charge is 2.25. The minimum Gasteiger partial charge on any atom is -0.0870 e. The van der Waals surface area contributed by atoms with E-state index in [9.17, 15) is 0 Å². The van der Waals surface area contributed by atoms with E-state index in [1.807, 2.05) is 13.8 Å². The third-order valence-corrected chi connectivity index (χ3v) is 3.84. The van der Waals surface area contributed by atoms with Crippen molar-refractivity contribution in [2.75, 3.05) is 0 Å². The molecule has 1 aliphatic rings. The Balaban J connectivity index is 0.00000106. The van der Waals surface area contributed by atoms with E-state index in [4.69, 9.17) is 0 Å². The molecule has 0 aliphatic heterocycles. The molecule has 0 saturated carbocycles. The number of hydrogen-bond acceptors (Lipinski definition) is 0. The molecule has 114 valence electrons. The van der Waals surface area contributed by atoms with E-state index in [1.54, 1.807) is 0 Å². The molecular weight excluding hydrogens is 252 g/mol. The molecular formula is C21H30. The highest BCUT2D eigenvalue weighted by atomic mass is 14.3. The summed E-state index contributed by atoms with van der Waals surface area (Å²) in [6.07, 6.45) is 10.1. The molecule has 0 spiro atoms. The van der Waals surface area contributed by atoms with Gasteiger partial charge in [-0.1, -0.05) is 71.0 Å². The normalized spacial score (nSPS) is 15.4. The lowest BCUT2D eigenvalue weighted by molar-refractivity contribution is 1.12. The van der Waals surface area contributed by atoms with Gasteiger partial charge in [-0.05, 0) is 59.6 Å². The van der Waals surface area contributed by atoms with Gasteiger partial charge in [0, 0.05) is 0 Å². The lowest BCUT2D eigenvalue weighted by Crippen LogP contribution is -1.92. The molecule has 0 aromatic heterocycles. The van der Waals surface area contributed by atoms with Crippen LogP contribution in [0, 0.1) is 0 Å². The zero-order chi connectivity index (χ0) is 15.8. The summed E-state index contributed by atoms with van der Waals surface area (Å²) in [5.41, 5.74) is 8.80. The van der Waals surface area contributed by atoms with Crippen molar-refractivity contribution in [1.29, 1.82) is 0 Å². The van der Waals surface area contributed by atoms with Gasteiger partial charge >= 0.3 is 0 Å². The van der Waals surface area contributed by atoms with Crippen LogP contribution in [0.1, 0.15) is 71.1 Å². The fourth-order valence-corrected chi connectivity index (χ4v) is 3.06. The molecule has 1 aliphatic carbocycles. The molecule has 0 unspecified atom stereocenters. The third-order valence-electron chi connectivity index (χ3n) is 3.84. The predicted molar refractivity (Wildman–Crippen MR) is 97.5 cm³/mol. The van der Waals surface area contributed by atoms with Gasteiger partial charge in [0.05, 0.1) is 0 Å². The Morgan fingerprint density at radius 3 is 2.24 bits per heavy atom. The zero-order valence-electron chi connectivity index (χ0n) is 14.6. The highest BCUT2D eigenvalue weighted by molar-refractivity contribution is 6.03. The average Bonchev–Trinajstić information content (AvgIpc) is 2.83. The van der Waals surface area contributed by atoms with Crippen molar-refractivity contribution in [3.05, 3.63) is 58.7 Å². The second kappa shape index (κ2) is 8.67. The van der Waals surface area contributed by atoms with E-state index in [2.05, 4.69) is 64.1 Å². The molecule has 1 aromatic rings. The fourth-order valence-electron chi connectivity index (χ4n) is 3.06. The first-order valence-corrected chi connectivity index (χ1v) is 8.47. The van der Waals surface area contributed by atoms with Crippen LogP contribution < -0.4 is 0 Å². The summed E-state index contributed by atoms with van der Waals surface area (Å²) in [5.74, 6) is 0. The topological polar surface area (TPSA) is 0 Å². The molecule has 0 heterocycles. The molecule has 0 heteroatoms. The van der Waals surface area contributed by atoms with E-state index >= 15 is 0 Å². The van der Waals surface area contributed by atoms with Crippen molar-refractivity contribution in [2.45, 2.75) is 60.8 Å². The van der Waals surface area contributed by atoms with Gasteiger partial charge < -0.3 is 0 Å². The predicted octanol–water partition coefficient (Wildman–Crippen LogP) is 6.82. The lowest BCUT2D eigenvalue weighted by Gasteiger charge is -2.10. The molecule has 0 bridgehead atoms. The number of fused-ring (bicyclic) bond motifs is 1. The molecule has 21 heavy (non-hydrogen) atoms. The average molecular weight is 282 g/mol. The number of rotatable bonds is 4. The van der Waals surface area contributed by atoms with Crippen molar-refractivity contribution < 1.29 is 0 Å². The van der Waals surface area contributed by atoms with Gasteiger partial charge in [0.25, 0.3) is 0 Å². The Morgan fingerprint density at radius 2 is 1.71 bits per heavy atom. The van der Waals surface area contributed by atoms with E-state index in [0.717, 1.165) is 19.3 Å². The third kappa shape index (κ3) is 3.37. The maximum Gasteiger partial charge on any atom is -0.00735 e. The zero-order valence-corrected chi connectivity index (χ0v) is 14.6. The number of aryl methyl sites for hydroxylation is 1. The van der Waals surface area contributed by atoms with E-state index < -0.39 is 0 Å². The summed E-state index contributed by atoms with van der Waals surface area (Å²) in [6, 6.07) is 6.74. The SMILES string of the molecule is CC.C\C=C/C1=C(CC)/C(=C/CC)c2c(CC)cccc21. The Labute approximate surface area is 131 Å². The van der Waals surface area contributed by atoms with Crippen molar-refractivity contribution >= 4 is 11.1 Å². The summed E-state index contributed by atoms with van der Waals surface area (Å²) in [6.45, 7) is 12.8. The van der Waals surface area contributed by atoms with Crippen molar-refractivity contribution in [1.82, 2.24) is 0 Å². The van der Waals surface area contributed by atoms with Gasteiger partial charge in [0.2, 0.25) is 0 Å². The summed E-state index contributed by atoms with van der Waals surface area (Å²) in [5, 5.41) is 0. The number of hydrogen-bond donors (Lipinski definition) is 0. The van der Waals surface area contributed by atoms with Crippen LogP contribution in [0.2, 0.25) is 0 Å². The molecule has 0 saturated heterocycles.